The van der Waals surface area contributed by atoms with Gasteiger partial charge in [-0.15, -0.1) is 0 Å². The van der Waals surface area contributed by atoms with Crippen LogP contribution in [-0.2, 0) is 21.6 Å². The monoisotopic (exact) mass is 272 g/mol. The third-order valence-electron chi connectivity index (χ3n) is 4.44. The summed E-state index contributed by atoms with van der Waals surface area (Å²) >= 11 is 0. The Kier molecular flexibility index (Phi) is 3.97. The first kappa shape index (κ1) is 13.5. The van der Waals surface area contributed by atoms with Crippen molar-refractivity contribution in [1.82, 2.24) is 4.90 Å². The predicted octanol–water partition coefficient (Wildman–Crippen LogP) is 2.23. The van der Waals surface area contributed by atoms with Gasteiger partial charge in [0.25, 0.3) is 0 Å². The van der Waals surface area contributed by atoms with Crippen LogP contribution in [0.4, 0.5) is 0 Å². The van der Waals surface area contributed by atoms with Crippen LogP contribution in [0.3, 0.4) is 0 Å². The maximum Gasteiger partial charge on any atom is 0.235 e. The van der Waals surface area contributed by atoms with Crippen LogP contribution in [-0.4, -0.2) is 37.3 Å². The molecule has 1 aliphatic carbocycles. The van der Waals surface area contributed by atoms with E-state index in [2.05, 4.69) is 34.2 Å². The lowest BCUT2D eigenvalue weighted by Crippen LogP contribution is -2.35. The van der Waals surface area contributed by atoms with Crippen LogP contribution >= 0.6 is 0 Å². The van der Waals surface area contributed by atoms with Crippen molar-refractivity contribution in [3.8, 4) is 0 Å². The fraction of sp³-hybridized carbons (Fsp3) is 0.562. The molecular weight excluding hydrogens is 252 g/mol. The minimum absolute atomic E-state index is 0.279. The van der Waals surface area contributed by atoms with Crippen molar-refractivity contribution in [1.29, 1.82) is 0 Å². The lowest BCUT2D eigenvalue weighted by Gasteiger charge is -2.37. The molecule has 0 bridgehead atoms. The van der Waals surface area contributed by atoms with Gasteiger partial charge in [0.1, 0.15) is 0 Å². The van der Waals surface area contributed by atoms with E-state index >= 15 is 0 Å². The van der Waals surface area contributed by atoms with Crippen molar-refractivity contribution >= 4 is 6.08 Å². The van der Waals surface area contributed by atoms with Crippen LogP contribution in [0.15, 0.2) is 29.3 Å². The second kappa shape index (κ2) is 5.88. The zero-order chi connectivity index (χ0) is 13.8. The molecule has 1 aromatic carbocycles. The number of isocyanates is 1. The molecule has 2 aliphatic rings. The summed E-state index contributed by atoms with van der Waals surface area (Å²) < 4.78 is 5.36. The summed E-state index contributed by atoms with van der Waals surface area (Å²) in [4.78, 5) is 17.1. The molecule has 3 rings (SSSR count). The number of hydrogen-bond acceptors (Lipinski definition) is 4. The predicted molar refractivity (Wildman–Crippen MR) is 76.2 cm³/mol. The van der Waals surface area contributed by atoms with Crippen LogP contribution < -0.4 is 0 Å². The normalized spacial score (nSPS) is 21.8. The van der Waals surface area contributed by atoms with Crippen LogP contribution in [0.1, 0.15) is 30.4 Å². The van der Waals surface area contributed by atoms with E-state index in [1.54, 1.807) is 6.08 Å². The van der Waals surface area contributed by atoms with Crippen molar-refractivity contribution in [2.24, 2.45) is 4.99 Å². The standard InChI is InChI=1S/C16H20N2O2/c19-13-17-16(6-1-7-16)15-4-2-14(3-5-15)12-18-8-10-20-11-9-18/h2-5H,1,6-12H2. The molecule has 1 aromatic rings. The summed E-state index contributed by atoms with van der Waals surface area (Å²) in [6.07, 6.45) is 4.81. The number of carbonyl (C=O) groups excluding carboxylic acids is 1. The topological polar surface area (TPSA) is 41.9 Å². The Morgan fingerprint density at radius 1 is 1.20 bits per heavy atom. The highest BCUT2D eigenvalue weighted by Gasteiger charge is 2.38. The number of nitrogens with zero attached hydrogens (tertiary/aromatic N) is 2. The van der Waals surface area contributed by atoms with E-state index in [0.717, 1.165) is 57.7 Å². The van der Waals surface area contributed by atoms with Gasteiger partial charge >= 0.3 is 0 Å². The van der Waals surface area contributed by atoms with Gasteiger partial charge in [-0.25, -0.2) is 4.79 Å². The zero-order valence-corrected chi connectivity index (χ0v) is 11.7. The Hall–Kier alpha value is -1.48. The quantitative estimate of drug-likeness (QED) is 0.623. The Bertz CT molecular complexity index is 496. The third-order valence-corrected chi connectivity index (χ3v) is 4.44. The van der Waals surface area contributed by atoms with Crippen molar-refractivity contribution in [2.75, 3.05) is 26.3 Å². The summed E-state index contributed by atoms with van der Waals surface area (Å²) in [5.41, 5.74) is 2.18. The number of aliphatic imine (C=N–C) groups is 1. The Morgan fingerprint density at radius 3 is 2.45 bits per heavy atom. The van der Waals surface area contributed by atoms with E-state index in [4.69, 9.17) is 4.74 Å². The molecule has 0 aromatic heterocycles. The molecule has 4 heteroatoms. The van der Waals surface area contributed by atoms with Crippen molar-refractivity contribution < 1.29 is 9.53 Å². The minimum Gasteiger partial charge on any atom is -0.379 e. The molecule has 106 valence electrons. The van der Waals surface area contributed by atoms with Crippen molar-refractivity contribution in [3.63, 3.8) is 0 Å². The van der Waals surface area contributed by atoms with Crippen molar-refractivity contribution in [3.05, 3.63) is 35.4 Å². The summed E-state index contributed by atoms with van der Waals surface area (Å²) in [5, 5.41) is 0. The van der Waals surface area contributed by atoms with Gasteiger partial charge in [0.2, 0.25) is 6.08 Å². The van der Waals surface area contributed by atoms with Gasteiger partial charge in [-0.3, -0.25) is 4.90 Å². The summed E-state index contributed by atoms with van der Waals surface area (Å²) in [6, 6.07) is 8.56. The largest absolute Gasteiger partial charge is 0.379 e. The molecule has 20 heavy (non-hydrogen) atoms. The molecule has 0 unspecified atom stereocenters. The molecule has 1 heterocycles. The molecule has 2 fully saturated rings. The molecule has 1 saturated carbocycles. The van der Waals surface area contributed by atoms with Crippen LogP contribution in [0.25, 0.3) is 0 Å². The summed E-state index contributed by atoms with van der Waals surface area (Å²) in [5.74, 6) is 0. The first-order chi connectivity index (χ1) is 9.82. The zero-order valence-electron chi connectivity index (χ0n) is 11.7. The van der Waals surface area contributed by atoms with Gasteiger partial charge < -0.3 is 4.74 Å². The minimum atomic E-state index is -0.279. The van der Waals surface area contributed by atoms with Gasteiger partial charge in [0.05, 0.1) is 18.8 Å². The lowest BCUT2D eigenvalue weighted by molar-refractivity contribution is 0.0342. The highest BCUT2D eigenvalue weighted by molar-refractivity contribution is 5.40. The smallest absolute Gasteiger partial charge is 0.235 e. The van der Waals surface area contributed by atoms with Crippen molar-refractivity contribution in [2.45, 2.75) is 31.3 Å². The third kappa shape index (κ3) is 2.68. The Morgan fingerprint density at radius 2 is 1.90 bits per heavy atom. The molecule has 1 aliphatic heterocycles. The van der Waals surface area contributed by atoms with E-state index in [1.807, 2.05) is 0 Å². The Balaban J connectivity index is 1.69. The lowest BCUT2D eigenvalue weighted by atomic mass is 9.72. The van der Waals surface area contributed by atoms with Gasteiger partial charge in [0.15, 0.2) is 0 Å². The summed E-state index contributed by atoms with van der Waals surface area (Å²) in [7, 11) is 0. The van der Waals surface area contributed by atoms with Gasteiger partial charge in [-0.2, -0.15) is 4.99 Å². The van der Waals surface area contributed by atoms with Gasteiger partial charge in [0, 0.05) is 19.6 Å². The molecule has 1 saturated heterocycles. The molecule has 0 radical (unpaired) electrons. The number of benzene rings is 1. The van der Waals surface area contributed by atoms with Gasteiger partial charge in [-0.1, -0.05) is 24.3 Å². The first-order valence-electron chi connectivity index (χ1n) is 7.31. The number of ether oxygens (including phenoxy) is 1. The molecule has 4 nitrogen and oxygen atoms in total. The fourth-order valence-electron chi connectivity index (χ4n) is 3.00. The van der Waals surface area contributed by atoms with E-state index in [0.29, 0.717) is 0 Å². The number of rotatable bonds is 4. The fourth-order valence-corrected chi connectivity index (χ4v) is 3.00. The molecular formula is C16H20N2O2. The van der Waals surface area contributed by atoms with Gasteiger partial charge in [-0.05, 0) is 30.4 Å². The molecule has 0 N–H and O–H groups in total. The average Bonchev–Trinajstić information content (AvgIpc) is 2.45. The number of hydrogen-bond donors (Lipinski definition) is 0. The maximum atomic E-state index is 10.6. The Labute approximate surface area is 119 Å². The highest BCUT2D eigenvalue weighted by Crippen LogP contribution is 2.44. The SMILES string of the molecule is O=C=NC1(c2ccc(CN3CCOCC3)cc2)CCC1. The average molecular weight is 272 g/mol. The number of morpholine rings is 1. The van der Waals surface area contributed by atoms with Crippen LogP contribution in [0.2, 0.25) is 0 Å². The molecule has 0 spiro atoms. The molecule has 0 amide bonds. The molecule has 0 atom stereocenters. The van der Waals surface area contributed by atoms with E-state index < -0.39 is 0 Å². The highest BCUT2D eigenvalue weighted by atomic mass is 16.5. The maximum absolute atomic E-state index is 10.6. The second-order valence-corrected chi connectivity index (χ2v) is 5.67. The van der Waals surface area contributed by atoms with E-state index in [1.165, 1.54) is 5.56 Å². The van der Waals surface area contributed by atoms with E-state index in [-0.39, 0.29) is 5.54 Å². The van der Waals surface area contributed by atoms with Crippen LogP contribution in [0.5, 0.6) is 0 Å². The second-order valence-electron chi connectivity index (χ2n) is 5.67. The van der Waals surface area contributed by atoms with Crippen LogP contribution in [0, 0.1) is 0 Å². The van der Waals surface area contributed by atoms with E-state index in [9.17, 15) is 4.79 Å². The first-order valence-corrected chi connectivity index (χ1v) is 7.31. The summed E-state index contributed by atoms with van der Waals surface area (Å²) in [6.45, 7) is 4.63.